The van der Waals surface area contributed by atoms with Gasteiger partial charge in [-0.3, -0.25) is 0 Å². The molecule has 4 rings (SSSR count). The van der Waals surface area contributed by atoms with E-state index in [9.17, 15) is 4.79 Å². The Morgan fingerprint density at radius 1 is 0.881 bits per heavy atom. The van der Waals surface area contributed by atoms with Crippen molar-refractivity contribution < 1.29 is 28.5 Å². The third-order valence-corrected chi connectivity index (χ3v) is 7.31. The highest BCUT2D eigenvalue weighted by Crippen LogP contribution is 2.41. The zero-order valence-corrected chi connectivity index (χ0v) is 25.9. The Labute approximate surface area is 250 Å². The quantitative estimate of drug-likeness (QED) is 0.253. The highest BCUT2D eigenvalue weighted by molar-refractivity contribution is 5.72. The monoisotopic (exact) mass is 576 g/mol. The largest absolute Gasteiger partial charge is 0.494 e. The molecule has 0 aliphatic carbocycles. The van der Waals surface area contributed by atoms with Crippen molar-refractivity contribution >= 4 is 11.8 Å². The summed E-state index contributed by atoms with van der Waals surface area (Å²) in [6, 6.07) is 21.0. The van der Waals surface area contributed by atoms with Gasteiger partial charge in [0.1, 0.15) is 11.4 Å². The first-order chi connectivity index (χ1) is 20.1. The zero-order valence-electron chi connectivity index (χ0n) is 25.9. The molecule has 0 N–H and O–H groups in total. The number of ether oxygens (including phenoxy) is 5. The number of nitrogens with zero attached hydrogens (tertiary/aromatic N) is 2. The Bertz CT molecular complexity index is 1300. The molecule has 1 heterocycles. The van der Waals surface area contributed by atoms with Crippen LogP contribution in [0.2, 0.25) is 0 Å². The van der Waals surface area contributed by atoms with Crippen LogP contribution < -0.4 is 23.8 Å². The number of carbonyl (C=O) groups excluding carboxylic acids is 1. The van der Waals surface area contributed by atoms with Gasteiger partial charge in [-0.2, -0.15) is 0 Å². The van der Waals surface area contributed by atoms with E-state index in [-0.39, 0.29) is 12.1 Å². The first-order valence-electron chi connectivity index (χ1n) is 14.5. The Morgan fingerprint density at radius 3 is 2.07 bits per heavy atom. The standard InChI is InChI=1S/C34H44N2O6/c1-8-41-29-14-12-27(13-15-29)36(28-16-18-35(19-17-28)33(37)42-34(2,3)4)23-24-10-9-11-25(20-24)26-21-30(38-5)32(40-7)31(22-26)39-6/h9-15,20-22,28H,8,16-19,23H2,1-7H3. The summed E-state index contributed by atoms with van der Waals surface area (Å²) in [4.78, 5) is 17.0. The maximum atomic E-state index is 12.7. The Hall–Kier alpha value is -4.07. The van der Waals surface area contributed by atoms with Gasteiger partial charge in [-0.25, -0.2) is 4.79 Å². The van der Waals surface area contributed by atoms with E-state index < -0.39 is 5.60 Å². The van der Waals surface area contributed by atoms with E-state index >= 15 is 0 Å². The molecule has 3 aromatic rings. The molecule has 0 spiro atoms. The lowest BCUT2D eigenvalue weighted by atomic mass is 9.99. The first kappa shape index (κ1) is 30.9. The van der Waals surface area contributed by atoms with Crippen molar-refractivity contribution in [2.45, 2.75) is 58.7 Å². The van der Waals surface area contributed by atoms with E-state index in [2.05, 4.69) is 41.3 Å². The van der Waals surface area contributed by atoms with Crippen molar-refractivity contribution in [3.05, 3.63) is 66.2 Å². The van der Waals surface area contributed by atoms with E-state index in [0.717, 1.165) is 35.4 Å². The van der Waals surface area contributed by atoms with Crippen LogP contribution in [0, 0.1) is 0 Å². The van der Waals surface area contributed by atoms with Gasteiger partial charge >= 0.3 is 6.09 Å². The molecule has 42 heavy (non-hydrogen) atoms. The van der Waals surface area contributed by atoms with Gasteiger partial charge in [-0.1, -0.05) is 18.2 Å². The van der Waals surface area contributed by atoms with E-state index in [1.54, 1.807) is 21.3 Å². The number of benzene rings is 3. The molecule has 1 fully saturated rings. The highest BCUT2D eigenvalue weighted by Gasteiger charge is 2.30. The average molecular weight is 577 g/mol. The number of amides is 1. The van der Waals surface area contributed by atoms with Crippen molar-refractivity contribution in [2.24, 2.45) is 0 Å². The van der Waals surface area contributed by atoms with E-state index in [1.807, 2.05) is 56.9 Å². The van der Waals surface area contributed by atoms with Gasteiger partial charge in [0.15, 0.2) is 11.5 Å². The maximum absolute atomic E-state index is 12.7. The summed E-state index contributed by atoms with van der Waals surface area (Å²) in [7, 11) is 4.86. The van der Waals surface area contributed by atoms with Gasteiger partial charge in [0, 0.05) is 31.4 Å². The Morgan fingerprint density at radius 2 is 1.52 bits per heavy atom. The van der Waals surface area contributed by atoms with Crippen LogP contribution in [0.3, 0.4) is 0 Å². The molecule has 0 bridgehead atoms. The zero-order chi connectivity index (χ0) is 30.3. The van der Waals surface area contributed by atoms with Crippen molar-refractivity contribution in [1.82, 2.24) is 4.90 Å². The minimum Gasteiger partial charge on any atom is -0.494 e. The van der Waals surface area contributed by atoms with Crippen LogP contribution in [0.1, 0.15) is 46.1 Å². The molecule has 226 valence electrons. The highest BCUT2D eigenvalue weighted by atomic mass is 16.6. The minimum absolute atomic E-state index is 0.244. The molecule has 3 aromatic carbocycles. The second-order valence-electron chi connectivity index (χ2n) is 11.4. The molecule has 8 heteroatoms. The fourth-order valence-electron chi connectivity index (χ4n) is 5.31. The molecule has 0 unspecified atom stereocenters. The van der Waals surface area contributed by atoms with E-state index in [0.29, 0.717) is 43.5 Å². The van der Waals surface area contributed by atoms with E-state index in [1.165, 1.54) is 5.56 Å². The van der Waals surface area contributed by atoms with Crippen LogP contribution in [0.25, 0.3) is 11.1 Å². The van der Waals surface area contributed by atoms with Gasteiger partial charge < -0.3 is 33.5 Å². The minimum atomic E-state index is -0.509. The summed E-state index contributed by atoms with van der Waals surface area (Å²) in [5.41, 5.74) is 3.81. The second-order valence-corrected chi connectivity index (χ2v) is 11.4. The molecule has 0 aromatic heterocycles. The topological polar surface area (TPSA) is 69.7 Å². The number of carbonyl (C=O) groups is 1. The number of rotatable bonds is 10. The maximum Gasteiger partial charge on any atom is 0.410 e. The summed E-state index contributed by atoms with van der Waals surface area (Å²) < 4.78 is 28.0. The SMILES string of the molecule is CCOc1ccc(N(Cc2cccc(-c3cc(OC)c(OC)c(OC)c3)c2)C2CCN(C(=O)OC(C)(C)C)CC2)cc1. The summed E-state index contributed by atoms with van der Waals surface area (Å²) in [6.07, 6.45) is 1.45. The van der Waals surface area contributed by atoms with Crippen molar-refractivity contribution in [2.75, 3.05) is 45.9 Å². The number of piperidine rings is 1. The summed E-state index contributed by atoms with van der Waals surface area (Å²) >= 11 is 0. The third-order valence-electron chi connectivity index (χ3n) is 7.31. The lowest BCUT2D eigenvalue weighted by molar-refractivity contribution is 0.0204. The van der Waals surface area contributed by atoms with Crippen molar-refractivity contribution in [1.29, 1.82) is 0 Å². The molecular weight excluding hydrogens is 532 g/mol. The number of methoxy groups -OCH3 is 3. The van der Waals surface area contributed by atoms with Crippen LogP contribution in [-0.4, -0.2) is 63.7 Å². The summed E-state index contributed by atoms with van der Waals surface area (Å²) in [6.45, 7) is 10.3. The number of anilines is 1. The van der Waals surface area contributed by atoms with Gasteiger partial charge in [-0.15, -0.1) is 0 Å². The van der Waals surface area contributed by atoms with Gasteiger partial charge in [0.05, 0.1) is 27.9 Å². The molecule has 0 radical (unpaired) electrons. The fourth-order valence-corrected chi connectivity index (χ4v) is 5.31. The van der Waals surface area contributed by atoms with Crippen LogP contribution in [-0.2, 0) is 11.3 Å². The molecule has 1 aliphatic heterocycles. The van der Waals surface area contributed by atoms with Crippen LogP contribution in [0.15, 0.2) is 60.7 Å². The van der Waals surface area contributed by atoms with Crippen molar-refractivity contribution in [3.8, 4) is 34.1 Å². The predicted octanol–water partition coefficient (Wildman–Crippen LogP) is 7.18. The third kappa shape index (κ3) is 7.60. The molecule has 8 nitrogen and oxygen atoms in total. The Balaban J connectivity index is 1.60. The van der Waals surface area contributed by atoms with Crippen LogP contribution in [0.4, 0.5) is 10.5 Å². The molecule has 0 saturated carbocycles. The van der Waals surface area contributed by atoms with Gasteiger partial charge in [0.25, 0.3) is 0 Å². The van der Waals surface area contributed by atoms with Crippen LogP contribution in [0.5, 0.6) is 23.0 Å². The number of hydrogen-bond acceptors (Lipinski definition) is 7. The number of hydrogen-bond donors (Lipinski definition) is 0. The summed E-state index contributed by atoms with van der Waals surface area (Å²) in [5.74, 6) is 2.65. The van der Waals surface area contributed by atoms with Gasteiger partial charge in [-0.05, 0) is 99.7 Å². The average Bonchev–Trinajstić information content (AvgIpc) is 2.99. The molecular formula is C34H44N2O6. The van der Waals surface area contributed by atoms with Gasteiger partial charge in [0.2, 0.25) is 5.75 Å². The number of likely N-dealkylation sites (tertiary alicyclic amines) is 1. The van der Waals surface area contributed by atoms with Crippen LogP contribution >= 0.6 is 0 Å². The molecule has 1 saturated heterocycles. The smallest absolute Gasteiger partial charge is 0.410 e. The Kier molecular flexibility index (Phi) is 10.1. The lowest BCUT2D eigenvalue weighted by Crippen LogP contribution is -2.48. The van der Waals surface area contributed by atoms with Crippen molar-refractivity contribution in [3.63, 3.8) is 0 Å². The van der Waals surface area contributed by atoms with E-state index in [4.69, 9.17) is 23.7 Å². The molecule has 0 atom stereocenters. The molecule has 1 aliphatic rings. The lowest BCUT2D eigenvalue weighted by Gasteiger charge is -2.40. The fraction of sp³-hybridized carbons (Fsp3) is 0.441. The summed E-state index contributed by atoms with van der Waals surface area (Å²) in [5, 5.41) is 0. The normalized spacial score (nSPS) is 13.8. The predicted molar refractivity (Wildman–Crippen MR) is 166 cm³/mol. The molecule has 1 amide bonds. The second kappa shape index (κ2) is 13.7. The first-order valence-corrected chi connectivity index (χ1v) is 14.5.